The highest BCUT2D eigenvalue weighted by Crippen LogP contribution is 2.34. The van der Waals surface area contributed by atoms with E-state index >= 15 is 0 Å². The highest BCUT2D eigenvalue weighted by atomic mass is 16.6. The lowest BCUT2D eigenvalue weighted by atomic mass is 10.2. The van der Waals surface area contributed by atoms with Crippen molar-refractivity contribution in [2.75, 3.05) is 13.1 Å². The van der Waals surface area contributed by atoms with Crippen LogP contribution < -0.4 is 14.8 Å². The molecule has 2 atom stereocenters. The van der Waals surface area contributed by atoms with Crippen LogP contribution in [0.4, 0.5) is 0 Å². The molecule has 1 N–H and O–H groups in total. The molecular weight excluding hydrogens is 166 g/mol. The van der Waals surface area contributed by atoms with Gasteiger partial charge in [-0.3, -0.25) is 0 Å². The Balaban J connectivity index is 1.97. The molecule has 0 aliphatic carbocycles. The molecule has 0 radical (unpaired) electrons. The lowest BCUT2D eigenvalue weighted by Crippen LogP contribution is -2.38. The first-order valence-corrected chi connectivity index (χ1v) is 4.56. The lowest BCUT2D eigenvalue weighted by Gasteiger charge is -2.28. The van der Waals surface area contributed by atoms with E-state index in [1.54, 1.807) is 0 Å². The molecule has 1 aromatic rings. The third kappa shape index (κ3) is 1.08. The predicted molar refractivity (Wildman–Crippen MR) is 48.1 cm³/mol. The van der Waals surface area contributed by atoms with E-state index in [9.17, 15) is 0 Å². The van der Waals surface area contributed by atoms with E-state index in [1.807, 2.05) is 24.3 Å². The maximum absolute atomic E-state index is 5.77. The summed E-state index contributed by atoms with van der Waals surface area (Å²) in [5.41, 5.74) is 0. The van der Waals surface area contributed by atoms with Crippen LogP contribution in [0.1, 0.15) is 0 Å². The Morgan fingerprint density at radius 3 is 2.08 bits per heavy atom. The van der Waals surface area contributed by atoms with Crippen LogP contribution in [0.25, 0.3) is 0 Å². The number of benzene rings is 1. The fraction of sp³-hybridized carbons (Fsp3) is 0.400. The van der Waals surface area contributed by atoms with Gasteiger partial charge in [0.25, 0.3) is 0 Å². The monoisotopic (exact) mass is 177 g/mol. The summed E-state index contributed by atoms with van der Waals surface area (Å²) in [4.78, 5) is 0. The molecule has 0 amide bonds. The normalized spacial score (nSPS) is 29.8. The molecule has 1 fully saturated rings. The Morgan fingerprint density at radius 2 is 1.54 bits per heavy atom. The van der Waals surface area contributed by atoms with Gasteiger partial charge in [0, 0.05) is 13.1 Å². The molecule has 2 aliphatic rings. The fourth-order valence-electron chi connectivity index (χ4n) is 1.84. The Hall–Kier alpha value is -1.22. The van der Waals surface area contributed by atoms with Crippen molar-refractivity contribution in [1.82, 2.24) is 5.32 Å². The van der Waals surface area contributed by atoms with Gasteiger partial charge in [0.1, 0.15) is 12.2 Å². The summed E-state index contributed by atoms with van der Waals surface area (Å²) in [7, 11) is 0. The number of hydrogen-bond acceptors (Lipinski definition) is 3. The number of hydrogen-bond donors (Lipinski definition) is 1. The molecule has 2 unspecified atom stereocenters. The van der Waals surface area contributed by atoms with Gasteiger partial charge in [0.05, 0.1) is 0 Å². The van der Waals surface area contributed by atoms with Crippen molar-refractivity contribution < 1.29 is 9.47 Å². The smallest absolute Gasteiger partial charge is 0.161 e. The highest BCUT2D eigenvalue weighted by Gasteiger charge is 2.35. The molecule has 68 valence electrons. The van der Waals surface area contributed by atoms with Gasteiger partial charge in [-0.1, -0.05) is 12.1 Å². The summed E-state index contributed by atoms with van der Waals surface area (Å²) >= 11 is 0. The molecule has 0 spiro atoms. The van der Waals surface area contributed by atoms with Crippen molar-refractivity contribution in [3.8, 4) is 11.5 Å². The van der Waals surface area contributed by atoms with Crippen LogP contribution in [0.3, 0.4) is 0 Å². The Morgan fingerprint density at radius 1 is 1.00 bits per heavy atom. The first-order chi connectivity index (χ1) is 6.43. The average molecular weight is 177 g/mol. The van der Waals surface area contributed by atoms with Crippen molar-refractivity contribution in [2.45, 2.75) is 12.2 Å². The Kier molecular flexibility index (Phi) is 1.46. The molecular formula is C10H11NO2. The van der Waals surface area contributed by atoms with Crippen LogP contribution in [-0.2, 0) is 0 Å². The summed E-state index contributed by atoms with van der Waals surface area (Å²) in [6, 6.07) is 7.82. The SMILES string of the molecule is c1ccc2c(c1)OC1CNCC1O2. The maximum Gasteiger partial charge on any atom is 0.161 e. The van der Waals surface area contributed by atoms with Gasteiger partial charge in [-0.25, -0.2) is 0 Å². The topological polar surface area (TPSA) is 30.5 Å². The zero-order valence-electron chi connectivity index (χ0n) is 7.19. The van der Waals surface area contributed by atoms with E-state index < -0.39 is 0 Å². The Labute approximate surface area is 76.7 Å². The van der Waals surface area contributed by atoms with Gasteiger partial charge in [-0.05, 0) is 12.1 Å². The van der Waals surface area contributed by atoms with Crippen LogP contribution in [-0.4, -0.2) is 25.3 Å². The molecule has 3 heteroatoms. The number of para-hydroxylation sites is 2. The van der Waals surface area contributed by atoms with Crippen LogP contribution in [0.2, 0.25) is 0 Å². The minimum absolute atomic E-state index is 0.190. The van der Waals surface area contributed by atoms with Gasteiger partial charge in [0.15, 0.2) is 11.5 Å². The first kappa shape index (κ1) is 7.21. The number of fused-ring (bicyclic) bond motifs is 2. The fourth-order valence-corrected chi connectivity index (χ4v) is 1.84. The van der Waals surface area contributed by atoms with Gasteiger partial charge in [0.2, 0.25) is 0 Å². The lowest BCUT2D eigenvalue weighted by molar-refractivity contribution is 0.0552. The molecule has 1 aromatic carbocycles. The van der Waals surface area contributed by atoms with Gasteiger partial charge >= 0.3 is 0 Å². The molecule has 3 rings (SSSR count). The van der Waals surface area contributed by atoms with Crippen LogP contribution in [0.5, 0.6) is 11.5 Å². The summed E-state index contributed by atoms with van der Waals surface area (Å²) < 4.78 is 11.5. The standard InChI is InChI=1S/C10H11NO2/c1-2-4-8-7(3-1)12-9-5-11-6-10(9)13-8/h1-4,9-11H,5-6H2. The minimum Gasteiger partial charge on any atom is -0.481 e. The summed E-state index contributed by atoms with van der Waals surface area (Å²) in [5, 5.41) is 3.25. The molecule has 0 bridgehead atoms. The van der Waals surface area contributed by atoms with Crippen LogP contribution in [0.15, 0.2) is 24.3 Å². The zero-order valence-corrected chi connectivity index (χ0v) is 7.19. The van der Waals surface area contributed by atoms with E-state index in [1.165, 1.54) is 0 Å². The van der Waals surface area contributed by atoms with Crippen molar-refractivity contribution in [3.05, 3.63) is 24.3 Å². The van der Waals surface area contributed by atoms with E-state index in [0.717, 1.165) is 24.6 Å². The van der Waals surface area contributed by atoms with E-state index in [4.69, 9.17) is 9.47 Å². The zero-order chi connectivity index (χ0) is 8.67. The number of rotatable bonds is 0. The van der Waals surface area contributed by atoms with Gasteiger partial charge in [-0.2, -0.15) is 0 Å². The molecule has 0 aromatic heterocycles. The van der Waals surface area contributed by atoms with E-state index in [0.29, 0.717) is 0 Å². The molecule has 2 heterocycles. The second-order valence-electron chi connectivity index (χ2n) is 3.42. The second-order valence-corrected chi connectivity index (χ2v) is 3.42. The molecule has 0 saturated carbocycles. The maximum atomic E-state index is 5.77. The molecule has 2 aliphatic heterocycles. The van der Waals surface area contributed by atoms with Crippen molar-refractivity contribution in [2.24, 2.45) is 0 Å². The molecule has 3 nitrogen and oxygen atoms in total. The Bertz CT molecular complexity index is 295. The van der Waals surface area contributed by atoms with E-state index in [2.05, 4.69) is 5.32 Å². The summed E-state index contributed by atoms with van der Waals surface area (Å²) in [6.45, 7) is 1.78. The van der Waals surface area contributed by atoms with E-state index in [-0.39, 0.29) is 12.2 Å². The summed E-state index contributed by atoms with van der Waals surface area (Å²) in [5.74, 6) is 1.74. The number of ether oxygens (including phenoxy) is 2. The van der Waals surface area contributed by atoms with Crippen molar-refractivity contribution in [3.63, 3.8) is 0 Å². The largest absolute Gasteiger partial charge is 0.481 e. The highest BCUT2D eigenvalue weighted by molar-refractivity contribution is 5.41. The molecule has 1 saturated heterocycles. The quantitative estimate of drug-likeness (QED) is 0.635. The van der Waals surface area contributed by atoms with Gasteiger partial charge in [-0.15, -0.1) is 0 Å². The minimum atomic E-state index is 0.190. The van der Waals surface area contributed by atoms with Crippen molar-refractivity contribution >= 4 is 0 Å². The van der Waals surface area contributed by atoms with Crippen LogP contribution >= 0.6 is 0 Å². The molecule has 13 heavy (non-hydrogen) atoms. The van der Waals surface area contributed by atoms with Gasteiger partial charge < -0.3 is 14.8 Å². The average Bonchev–Trinajstić information content (AvgIpc) is 2.61. The first-order valence-electron chi connectivity index (χ1n) is 4.56. The second kappa shape index (κ2) is 2.64. The third-order valence-corrected chi connectivity index (χ3v) is 2.51. The predicted octanol–water partition coefficient (Wildman–Crippen LogP) is 0.798. The van der Waals surface area contributed by atoms with Crippen molar-refractivity contribution in [1.29, 1.82) is 0 Å². The number of nitrogens with one attached hydrogen (secondary N) is 1. The van der Waals surface area contributed by atoms with Crippen LogP contribution in [0, 0.1) is 0 Å². The summed E-state index contributed by atoms with van der Waals surface area (Å²) in [6.07, 6.45) is 0.379. The third-order valence-electron chi connectivity index (χ3n) is 2.51.